The number of aliphatic hydroxyl groups is 1. The number of sulfonamides is 1. The van der Waals surface area contributed by atoms with Crippen LogP contribution in [0.1, 0.15) is 19.4 Å². The van der Waals surface area contributed by atoms with Gasteiger partial charge in [0.15, 0.2) is 0 Å². The third-order valence-electron chi connectivity index (χ3n) is 2.60. The quantitative estimate of drug-likeness (QED) is 0.821. The third-order valence-corrected chi connectivity index (χ3v) is 3.98. The molecule has 0 fully saturated rings. The zero-order valence-corrected chi connectivity index (χ0v) is 11.2. The maximum Gasteiger partial charge on any atom is 0.216 e. The van der Waals surface area contributed by atoms with Crippen LogP contribution >= 0.6 is 0 Å². The minimum Gasteiger partial charge on any atom is -0.395 e. The lowest BCUT2D eigenvalue weighted by Gasteiger charge is -2.19. The number of halogens is 1. The lowest BCUT2D eigenvalue weighted by Crippen LogP contribution is -2.41. The van der Waals surface area contributed by atoms with Crippen molar-refractivity contribution in [3.63, 3.8) is 0 Å². The minimum absolute atomic E-state index is 0.00186. The molecule has 0 amide bonds. The Labute approximate surface area is 107 Å². The van der Waals surface area contributed by atoms with Crippen molar-refractivity contribution in [1.29, 1.82) is 0 Å². The highest BCUT2D eigenvalue weighted by atomic mass is 32.2. The van der Waals surface area contributed by atoms with Crippen LogP contribution < -0.4 is 4.72 Å². The first-order valence-corrected chi connectivity index (χ1v) is 7.34. The molecule has 0 aliphatic heterocycles. The lowest BCUT2D eigenvalue weighted by atomic mass is 10.1. The second-order valence-electron chi connectivity index (χ2n) is 4.54. The Hall–Kier alpha value is -0.980. The van der Waals surface area contributed by atoms with Gasteiger partial charge in [0, 0.05) is 6.04 Å². The van der Waals surface area contributed by atoms with Crippen molar-refractivity contribution >= 4 is 10.0 Å². The molecule has 0 aliphatic carbocycles. The summed E-state index contributed by atoms with van der Waals surface area (Å²) in [5.74, 6) is -0.631. The van der Waals surface area contributed by atoms with Crippen molar-refractivity contribution in [3.8, 4) is 0 Å². The topological polar surface area (TPSA) is 66.4 Å². The molecule has 1 aromatic carbocycles. The second-order valence-corrected chi connectivity index (χ2v) is 6.29. The Morgan fingerprint density at radius 3 is 2.28 bits per heavy atom. The van der Waals surface area contributed by atoms with E-state index in [4.69, 9.17) is 5.11 Å². The van der Waals surface area contributed by atoms with Crippen LogP contribution in [0, 0.1) is 11.7 Å². The standard InChI is InChI=1S/C12H18FNO3S/c1-9(2)12(7-15)14-18(16,17)8-10-3-5-11(13)6-4-10/h3-6,9,12,14-15H,7-8H2,1-2H3. The fourth-order valence-corrected chi connectivity index (χ4v) is 2.98. The van der Waals surface area contributed by atoms with Gasteiger partial charge < -0.3 is 5.11 Å². The van der Waals surface area contributed by atoms with Crippen LogP contribution in [0.25, 0.3) is 0 Å². The molecule has 18 heavy (non-hydrogen) atoms. The highest BCUT2D eigenvalue weighted by Crippen LogP contribution is 2.09. The van der Waals surface area contributed by atoms with Gasteiger partial charge in [-0.2, -0.15) is 0 Å². The molecule has 4 nitrogen and oxygen atoms in total. The van der Waals surface area contributed by atoms with Gasteiger partial charge in [0.2, 0.25) is 10.0 Å². The summed E-state index contributed by atoms with van der Waals surface area (Å²) in [7, 11) is -3.54. The molecule has 0 heterocycles. The summed E-state index contributed by atoms with van der Waals surface area (Å²) in [5.41, 5.74) is 0.504. The first kappa shape index (κ1) is 15.1. The third kappa shape index (κ3) is 4.72. The summed E-state index contributed by atoms with van der Waals surface area (Å²) >= 11 is 0. The van der Waals surface area contributed by atoms with Gasteiger partial charge in [-0.05, 0) is 23.6 Å². The van der Waals surface area contributed by atoms with Crippen molar-refractivity contribution < 1.29 is 17.9 Å². The van der Waals surface area contributed by atoms with Crippen molar-refractivity contribution in [1.82, 2.24) is 4.72 Å². The average Bonchev–Trinajstić information content (AvgIpc) is 2.28. The maximum atomic E-state index is 12.7. The largest absolute Gasteiger partial charge is 0.395 e. The Morgan fingerprint density at radius 1 is 1.28 bits per heavy atom. The molecule has 0 saturated carbocycles. The Balaban J connectivity index is 2.73. The van der Waals surface area contributed by atoms with Gasteiger partial charge in [0.1, 0.15) is 5.82 Å². The zero-order valence-electron chi connectivity index (χ0n) is 10.4. The van der Waals surface area contributed by atoms with E-state index in [0.717, 1.165) is 0 Å². The zero-order chi connectivity index (χ0) is 13.8. The van der Waals surface area contributed by atoms with Crippen LogP contribution in [0.15, 0.2) is 24.3 Å². The SMILES string of the molecule is CC(C)C(CO)NS(=O)(=O)Cc1ccc(F)cc1. The van der Waals surface area contributed by atoms with E-state index in [0.29, 0.717) is 5.56 Å². The summed E-state index contributed by atoms with van der Waals surface area (Å²) < 4.78 is 38.8. The van der Waals surface area contributed by atoms with Crippen molar-refractivity contribution in [2.75, 3.05) is 6.61 Å². The van der Waals surface area contributed by atoms with Crippen LogP contribution in [0.3, 0.4) is 0 Å². The molecule has 1 unspecified atom stereocenters. The summed E-state index contributed by atoms with van der Waals surface area (Å²) in [6.07, 6.45) is 0. The Kier molecular flexibility index (Phi) is 5.25. The highest BCUT2D eigenvalue weighted by molar-refractivity contribution is 7.88. The molecule has 102 valence electrons. The summed E-state index contributed by atoms with van der Waals surface area (Å²) in [4.78, 5) is 0. The number of benzene rings is 1. The Morgan fingerprint density at radius 2 is 1.83 bits per heavy atom. The number of aliphatic hydroxyl groups excluding tert-OH is 1. The minimum atomic E-state index is -3.54. The van der Waals surface area contributed by atoms with E-state index in [1.165, 1.54) is 24.3 Å². The van der Waals surface area contributed by atoms with Gasteiger partial charge in [0.25, 0.3) is 0 Å². The van der Waals surface area contributed by atoms with E-state index in [1.807, 2.05) is 13.8 Å². The van der Waals surface area contributed by atoms with E-state index in [9.17, 15) is 12.8 Å². The predicted molar refractivity (Wildman–Crippen MR) is 67.9 cm³/mol. The molecule has 0 saturated heterocycles. The molecule has 0 aromatic heterocycles. The first-order chi connectivity index (χ1) is 8.34. The Bertz CT molecular complexity index is 471. The summed E-state index contributed by atoms with van der Waals surface area (Å²) in [6.45, 7) is 3.39. The predicted octanol–water partition coefficient (Wildman–Crippen LogP) is 1.26. The van der Waals surface area contributed by atoms with E-state index >= 15 is 0 Å². The lowest BCUT2D eigenvalue weighted by molar-refractivity contribution is 0.227. The molecular weight excluding hydrogens is 257 g/mol. The molecular formula is C12H18FNO3S. The van der Waals surface area contributed by atoms with Gasteiger partial charge in [-0.1, -0.05) is 26.0 Å². The highest BCUT2D eigenvalue weighted by Gasteiger charge is 2.20. The van der Waals surface area contributed by atoms with Crippen molar-refractivity contribution in [2.45, 2.75) is 25.6 Å². The van der Waals surface area contributed by atoms with Gasteiger partial charge in [-0.25, -0.2) is 17.5 Å². The molecule has 0 bridgehead atoms. The maximum absolute atomic E-state index is 12.7. The number of hydrogen-bond donors (Lipinski definition) is 2. The van der Waals surface area contributed by atoms with Gasteiger partial charge in [-0.15, -0.1) is 0 Å². The van der Waals surface area contributed by atoms with Crippen molar-refractivity contribution in [2.24, 2.45) is 5.92 Å². The fraction of sp³-hybridized carbons (Fsp3) is 0.500. The normalized spacial score (nSPS) is 13.8. The van der Waals surface area contributed by atoms with Gasteiger partial charge in [-0.3, -0.25) is 0 Å². The summed E-state index contributed by atoms with van der Waals surface area (Å²) in [5, 5.41) is 9.09. The van der Waals surface area contributed by atoms with Gasteiger partial charge >= 0.3 is 0 Å². The van der Waals surface area contributed by atoms with E-state index < -0.39 is 21.9 Å². The number of nitrogens with one attached hydrogen (secondary N) is 1. The van der Waals surface area contributed by atoms with E-state index in [2.05, 4.69) is 4.72 Å². The van der Waals surface area contributed by atoms with Crippen molar-refractivity contribution in [3.05, 3.63) is 35.6 Å². The molecule has 0 radical (unpaired) electrons. The first-order valence-electron chi connectivity index (χ1n) is 5.69. The average molecular weight is 275 g/mol. The fourth-order valence-electron chi connectivity index (χ4n) is 1.46. The van der Waals surface area contributed by atoms with Crippen LogP contribution in [-0.2, 0) is 15.8 Å². The molecule has 1 aromatic rings. The smallest absolute Gasteiger partial charge is 0.216 e. The monoisotopic (exact) mass is 275 g/mol. The van der Waals surface area contributed by atoms with Crippen LogP contribution in [0.4, 0.5) is 4.39 Å². The van der Waals surface area contributed by atoms with E-state index in [-0.39, 0.29) is 18.3 Å². The van der Waals surface area contributed by atoms with E-state index in [1.54, 1.807) is 0 Å². The van der Waals surface area contributed by atoms with Crippen LogP contribution in [-0.4, -0.2) is 26.2 Å². The van der Waals surface area contributed by atoms with Crippen LogP contribution in [0.5, 0.6) is 0 Å². The van der Waals surface area contributed by atoms with Gasteiger partial charge in [0.05, 0.1) is 12.4 Å². The second kappa shape index (κ2) is 6.26. The molecule has 6 heteroatoms. The molecule has 2 N–H and O–H groups in total. The molecule has 1 rings (SSSR count). The molecule has 0 spiro atoms. The number of hydrogen-bond acceptors (Lipinski definition) is 3. The van der Waals surface area contributed by atoms with Crippen LogP contribution in [0.2, 0.25) is 0 Å². The number of rotatable bonds is 6. The molecule has 0 aliphatic rings. The summed E-state index contributed by atoms with van der Waals surface area (Å²) in [6, 6.07) is 4.79. The molecule has 1 atom stereocenters.